The second kappa shape index (κ2) is 7.09. The summed E-state index contributed by atoms with van der Waals surface area (Å²) < 4.78 is 18.2. The molecule has 0 aliphatic rings. The van der Waals surface area contributed by atoms with E-state index >= 15 is 0 Å². The number of carbonyl (C=O) groups excluding carboxylic acids is 1. The largest absolute Gasteiger partial charge is 0.482 e. The molecule has 0 saturated carbocycles. The number of halogens is 2. The molecule has 0 unspecified atom stereocenters. The van der Waals surface area contributed by atoms with Crippen molar-refractivity contribution in [1.82, 2.24) is 5.32 Å². The van der Waals surface area contributed by atoms with Crippen molar-refractivity contribution in [1.29, 1.82) is 0 Å². The molecule has 1 N–H and O–H groups in total. The van der Waals surface area contributed by atoms with E-state index in [2.05, 4.69) is 5.32 Å². The Hall–Kier alpha value is -2.07. The summed E-state index contributed by atoms with van der Waals surface area (Å²) in [4.78, 5) is 11.8. The summed E-state index contributed by atoms with van der Waals surface area (Å²) in [5.74, 6) is -0.443. The van der Waals surface area contributed by atoms with Crippen LogP contribution in [-0.2, 0) is 4.79 Å². The van der Waals surface area contributed by atoms with Gasteiger partial charge >= 0.3 is 0 Å². The number of nitrogens with one attached hydrogen (secondary N) is 1. The zero-order chi connectivity index (χ0) is 15.2. The average molecular weight is 308 g/mol. The fraction of sp³-hybridized carbons (Fsp3) is 0.188. The zero-order valence-corrected chi connectivity index (χ0v) is 12.2. The van der Waals surface area contributed by atoms with Gasteiger partial charge in [0.15, 0.2) is 6.61 Å². The summed E-state index contributed by atoms with van der Waals surface area (Å²) in [7, 11) is 0. The highest BCUT2D eigenvalue weighted by molar-refractivity contribution is 6.32. The van der Waals surface area contributed by atoms with Crippen molar-refractivity contribution in [2.24, 2.45) is 0 Å². The Morgan fingerprint density at radius 3 is 2.67 bits per heavy atom. The molecule has 2 aromatic carbocycles. The van der Waals surface area contributed by atoms with Crippen molar-refractivity contribution in [2.75, 3.05) is 6.61 Å². The van der Waals surface area contributed by atoms with Gasteiger partial charge in [-0.1, -0.05) is 41.9 Å². The number of benzene rings is 2. The summed E-state index contributed by atoms with van der Waals surface area (Å²) in [6.07, 6.45) is 0. The van der Waals surface area contributed by atoms with E-state index in [-0.39, 0.29) is 29.3 Å². The highest BCUT2D eigenvalue weighted by Crippen LogP contribution is 2.24. The SMILES string of the molecule is C[C@H](NC(=O)COc1ccc(F)cc1Cl)c1ccccc1. The Labute approximate surface area is 127 Å². The maximum atomic E-state index is 12.9. The zero-order valence-electron chi connectivity index (χ0n) is 11.5. The van der Waals surface area contributed by atoms with Crippen molar-refractivity contribution >= 4 is 17.5 Å². The van der Waals surface area contributed by atoms with Crippen LogP contribution in [0.2, 0.25) is 5.02 Å². The van der Waals surface area contributed by atoms with Crippen LogP contribution in [0.25, 0.3) is 0 Å². The number of rotatable bonds is 5. The van der Waals surface area contributed by atoms with Gasteiger partial charge < -0.3 is 10.1 Å². The molecule has 3 nitrogen and oxygen atoms in total. The van der Waals surface area contributed by atoms with Crippen molar-refractivity contribution in [3.8, 4) is 5.75 Å². The minimum atomic E-state index is -0.450. The van der Waals surface area contributed by atoms with Gasteiger partial charge in [-0.15, -0.1) is 0 Å². The van der Waals surface area contributed by atoms with E-state index < -0.39 is 5.82 Å². The first-order valence-electron chi connectivity index (χ1n) is 6.48. The van der Waals surface area contributed by atoms with Gasteiger partial charge in [0.1, 0.15) is 11.6 Å². The minimum absolute atomic E-state index is 0.119. The first-order valence-corrected chi connectivity index (χ1v) is 6.86. The quantitative estimate of drug-likeness (QED) is 0.914. The van der Waals surface area contributed by atoms with Gasteiger partial charge in [0.25, 0.3) is 5.91 Å². The molecule has 0 saturated heterocycles. The highest BCUT2D eigenvalue weighted by Gasteiger charge is 2.11. The maximum absolute atomic E-state index is 12.9. The molecule has 5 heteroatoms. The molecule has 0 heterocycles. The van der Waals surface area contributed by atoms with Crippen LogP contribution < -0.4 is 10.1 Å². The number of amides is 1. The number of hydrogen-bond donors (Lipinski definition) is 1. The lowest BCUT2D eigenvalue weighted by Crippen LogP contribution is -2.31. The van der Waals surface area contributed by atoms with E-state index in [9.17, 15) is 9.18 Å². The van der Waals surface area contributed by atoms with E-state index in [1.165, 1.54) is 12.1 Å². The first-order chi connectivity index (χ1) is 10.1. The normalized spacial score (nSPS) is 11.8. The van der Waals surface area contributed by atoms with Crippen LogP contribution in [0, 0.1) is 5.82 Å². The molecule has 110 valence electrons. The molecule has 2 rings (SSSR count). The van der Waals surface area contributed by atoms with E-state index in [0.29, 0.717) is 0 Å². The Morgan fingerprint density at radius 2 is 2.00 bits per heavy atom. The van der Waals surface area contributed by atoms with Crippen LogP contribution in [0.5, 0.6) is 5.75 Å². The second-order valence-electron chi connectivity index (χ2n) is 4.56. The molecule has 0 fully saturated rings. The third kappa shape index (κ3) is 4.46. The Balaban J connectivity index is 1.87. The predicted octanol–water partition coefficient (Wildman–Crippen LogP) is 3.74. The van der Waals surface area contributed by atoms with Crippen molar-refractivity contribution in [2.45, 2.75) is 13.0 Å². The van der Waals surface area contributed by atoms with Gasteiger partial charge in [0, 0.05) is 0 Å². The molecule has 0 spiro atoms. The number of ether oxygens (including phenoxy) is 1. The van der Waals surface area contributed by atoms with Gasteiger partial charge in [-0.3, -0.25) is 4.79 Å². The van der Waals surface area contributed by atoms with Gasteiger partial charge in [0.2, 0.25) is 0 Å². The average Bonchev–Trinajstić information content (AvgIpc) is 2.47. The summed E-state index contributed by atoms with van der Waals surface area (Å²) in [6, 6.07) is 13.2. The van der Waals surface area contributed by atoms with Gasteiger partial charge in [-0.05, 0) is 30.7 Å². The number of hydrogen-bond acceptors (Lipinski definition) is 2. The Kier molecular flexibility index (Phi) is 5.17. The van der Waals surface area contributed by atoms with Crippen LogP contribution in [0.4, 0.5) is 4.39 Å². The molecule has 1 amide bonds. The summed E-state index contributed by atoms with van der Waals surface area (Å²) in [5.41, 5.74) is 1.01. The van der Waals surface area contributed by atoms with E-state index in [1.54, 1.807) is 0 Å². The maximum Gasteiger partial charge on any atom is 0.258 e. The lowest BCUT2D eigenvalue weighted by Gasteiger charge is -2.15. The van der Waals surface area contributed by atoms with Crippen LogP contribution in [0.3, 0.4) is 0 Å². The van der Waals surface area contributed by atoms with Gasteiger partial charge in [-0.2, -0.15) is 0 Å². The van der Waals surface area contributed by atoms with Crippen LogP contribution in [0.1, 0.15) is 18.5 Å². The van der Waals surface area contributed by atoms with Crippen LogP contribution in [-0.4, -0.2) is 12.5 Å². The fourth-order valence-electron chi connectivity index (χ4n) is 1.84. The molecule has 0 radical (unpaired) electrons. The lowest BCUT2D eigenvalue weighted by molar-refractivity contribution is -0.123. The smallest absolute Gasteiger partial charge is 0.258 e. The predicted molar refractivity (Wildman–Crippen MR) is 79.9 cm³/mol. The summed E-state index contributed by atoms with van der Waals surface area (Å²) in [5, 5.41) is 2.95. The van der Waals surface area contributed by atoms with Gasteiger partial charge in [0.05, 0.1) is 11.1 Å². The third-order valence-electron chi connectivity index (χ3n) is 2.93. The van der Waals surface area contributed by atoms with Gasteiger partial charge in [-0.25, -0.2) is 4.39 Å². The van der Waals surface area contributed by atoms with Crippen molar-refractivity contribution < 1.29 is 13.9 Å². The van der Waals surface area contributed by atoms with Crippen molar-refractivity contribution in [3.63, 3.8) is 0 Å². The van der Waals surface area contributed by atoms with Crippen molar-refractivity contribution in [3.05, 3.63) is 64.9 Å². The number of carbonyl (C=O) groups is 1. The second-order valence-corrected chi connectivity index (χ2v) is 4.97. The van der Waals surface area contributed by atoms with E-state index in [4.69, 9.17) is 16.3 Å². The monoisotopic (exact) mass is 307 g/mol. The molecule has 2 aromatic rings. The molecule has 1 atom stereocenters. The molecular weight excluding hydrogens is 293 g/mol. The van der Waals surface area contributed by atoms with Crippen LogP contribution in [0.15, 0.2) is 48.5 Å². The molecule has 21 heavy (non-hydrogen) atoms. The Morgan fingerprint density at radius 1 is 1.29 bits per heavy atom. The first kappa shape index (κ1) is 15.3. The lowest BCUT2D eigenvalue weighted by atomic mass is 10.1. The molecule has 0 bridgehead atoms. The molecular formula is C16H15ClFNO2. The van der Waals surface area contributed by atoms with E-state index in [0.717, 1.165) is 11.6 Å². The van der Waals surface area contributed by atoms with Crippen LogP contribution >= 0.6 is 11.6 Å². The highest BCUT2D eigenvalue weighted by atomic mass is 35.5. The summed E-state index contributed by atoms with van der Waals surface area (Å²) >= 11 is 5.82. The summed E-state index contributed by atoms with van der Waals surface area (Å²) in [6.45, 7) is 1.71. The third-order valence-corrected chi connectivity index (χ3v) is 3.23. The molecule has 0 aromatic heterocycles. The standard InChI is InChI=1S/C16H15ClFNO2/c1-11(12-5-3-2-4-6-12)19-16(20)10-21-15-8-7-13(18)9-14(15)17/h2-9,11H,10H2,1H3,(H,19,20)/t11-/m0/s1. The topological polar surface area (TPSA) is 38.3 Å². The van der Waals surface area contributed by atoms with E-state index in [1.807, 2.05) is 37.3 Å². The minimum Gasteiger partial charge on any atom is -0.482 e. The fourth-order valence-corrected chi connectivity index (χ4v) is 2.07. The molecule has 0 aliphatic heterocycles. The molecule has 0 aliphatic carbocycles. The Bertz CT molecular complexity index is 619.